The van der Waals surface area contributed by atoms with Crippen molar-refractivity contribution in [2.45, 2.75) is 91.3 Å². The van der Waals surface area contributed by atoms with Crippen LogP contribution in [0.3, 0.4) is 0 Å². The predicted molar refractivity (Wildman–Crippen MR) is 90.8 cm³/mol. The normalized spacial score (nSPS) is 15.4. The number of nitrogens with one attached hydrogen (secondary N) is 1. The van der Waals surface area contributed by atoms with Crippen LogP contribution < -0.4 is 5.09 Å². The molecule has 0 aliphatic rings. The summed E-state index contributed by atoms with van der Waals surface area (Å²) in [5.41, 5.74) is -0.228. The van der Waals surface area contributed by atoms with Crippen LogP contribution in [-0.4, -0.2) is 47.2 Å². The number of rotatable bonds is 9. The predicted octanol–water partition coefficient (Wildman–Crippen LogP) is 5.22. The first-order valence-corrected chi connectivity index (χ1v) is 10.2. The van der Waals surface area contributed by atoms with Crippen molar-refractivity contribution in [2.24, 2.45) is 0 Å². The average molecular weight is 382 g/mol. The Bertz CT molecular complexity index is 381. The van der Waals surface area contributed by atoms with Crippen molar-refractivity contribution in [1.82, 2.24) is 9.76 Å². The van der Waals surface area contributed by atoms with E-state index in [0.29, 0.717) is 0 Å². The Balaban J connectivity index is 5.85. The zero-order valence-corrected chi connectivity index (χ0v) is 16.8. The van der Waals surface area contributed by atoms with Crippen molar-refractivity contribution in [2.75, 3.05) is 6.61 Å². The first-order valence-electron chi connectivity index (χ1n) is 8.23. The zero-order chi connectivity index (χ0) is 19.5. The minimum absolute atomic E-state index is 0.0650. The van der Waals surface area contributed by atoms with Crippen molar-refractivity contribution >= 4 is 7.79 Å². The molecule has 0 aromatic rings. The summed E-state index contributed by atoms with van der Waals surface area (Å²) in [4.78, 5) is 0. The Hall–Kier alpha value is -0.0400. The Labute approximate surface area is 142 Å². The third-order valence-corrected chi connectivity index (χ3v) is 8.60. The van der Waals surface area contributed by atoms with E-state index in [-0.39, 0.29) is 23.8 Å². The van der Waals surface area contributed by atoms with E-state index < -0.39 is 26.5 Å². The quantitative estimate of drug-likeness (QED) is 0.437. The fourth-order valence-corrected chi connectivity index (χ4v) is 7.29. The van der Waals surface area contributed by atoms with Gasteiger partial charge in [0, 0.05) is 0 Å². The van der Waals surface area contributed by atoms with E-state index in [0.717, 1.165) is 0 Å². The molecule has 0 aromatic heterocycles. The molecule has 24 heavy (non-hydrogen) atoms. The Morgan fingerprint density at radius 1 is 0.875 bits per heavy atom. The molecule has 0 atom stereocenters. The van der Waals surface area contributed by atoms with Crippen LogP contribution in [0.15, 0.2) is 0 Å². The fraction of sp³-hybridized carbons (Fsp3) is 1.00. The van der Waals surface area contributed by atoms with Crippen LogP contribution in [0.2, 0.25) is 0 Å². The molecule has 0 bridgehead atoms. The molecule has 3 nitrogen and oxygen atoms in total. The van der Waals surface area contributed by atoms with E-state index in [1.807, 2.05) is 46.2 Å². The molecule has 0 spiro atoms. The van der Waals surface area contributed by atoms with Crippen molar-refractivity contribution in [3.8, 4) is 0 Å². The number of hydrogen-bond acceptors (Lipinski definition) is 3. The van der Waals surface area contributed by atoms with Crippen LogP contribution >= 0.6 is 7.79 Å². The molecular weight excluding hydrogens is 350 g/mol. The number of halogens is 5. The van der Waals surface area contributed by atoms with Crippen LogP contribution in [0, 0.1) is 0 Å². The van der Waals surface area contributed by atoms with Crippen LogP contribution in [0.25, 0.3) is 0 Å². The molecule has 0 radical (unpaired) electrons. The van der Waals surface area contributed by atoms with Gasteiger partial charge in [-0.1, -0.05) is 0 Å². The van der Waals surface area contributed by atoms with Crippen molar-refractivity contribution < 1.29 is 26.5 Å². The maximum absolute atomic E-state index is 13.5. The SMILES string of the molecule is CC(C)N[PH](OCC(F)(F)C(F)(F)F)(C(C)C)N(C(C)C)C(C)C. The molecule has 148 valence electrons. The van der Waals surface area contributed by atoms with Gasteiger partial charge in [-0.15, -0.1) is 0 Å². The van der Waals surface area contributed by atoms with Gasteiger partial charge in [-0.05, 0) is 0 Å². The molecule has 0 saturated carbocycles. The second-order valence-electron chi connectivity index (χ2n) is 7.24. The first-order chi connectivity index (χ1) is 10.6. The monoisotopic (exact) mass is 382 g/mol. The molecule has 0 unspecified atom stereocenters. The molecule has 0 aliphatic carbocycles. The van der Waals surface area contributed by atoms with Crippen molar-refractivity contribution in [3.63, 3.8) is 0 Å². The van der Waals surface area contributed by atoms with E-state index in [4.69, 9.17) is 4.52 Å². The van der Waals surface area contributed by atoms with Crippen LogP contribution in [0.5, 0.6) is 0 Å². The van der Waals surface area contributed by atoms with Crippen molar-refractivity contribution in [3.05, 3.63) is 0 Å². The van der Waals surface area contributed by atoms with Gasteiger partial charge in [0.1, 0.15) is 0 Å². The molecule has 0 amide bonds. The van der Waals surface area contributed by atoms with Gasteiger partial charge in [0.2, 0.25) is 0 Å². The van der Waals surface area contributed by atoms with Gasteiger partial charge in [-0.25, -0.2) is 0 Å². The summed E-state index contributed by atoms with van der Waals surface area (Å²) in [5.74, 6) is -4.88. The molecule has 1 N–H and O–H groups in total. The van der Waals surface area contributed by atoms with E-state index in [1.54, 1.807) is 13.8 Å². The summed E-state index contributed by atoms with van der Waals surface area (Å²) >= 11 is 0. The van der Waals surface area contributed by atoms with E-state index in [1.165, 1.54) is 0 Å². The summed E-state index contributed by atoms with van der Waals surface area (Å²) in [5, 5.41) is 3.22. The third kappa shape index (κ3) is 5.75. The van der Waals surface area contributed by atoms with Gasteiger partial charge < -0.3 is 0 Å². The van der Waals surface area contributed by atoms with Gasteiger partial charge in [0.25, 0.3) is 0 Å². The molecule has 0 saturated heterocycles. The van der Waals surface area contributed by atoms with E-state index in [2.05, 4.69) is 5.09 Å². The van der Waals surface area contributed by atoms with Crippen LogP contribution in [0.4, 0.5) is 22.0 Å². The van der Waals surface area contributed by atoms with Crippen LogP contribution in [0.1, 0.15) is 55.4 Å². The fourth-order valence-electron chi connectivity index (χ4n) is 2.88. The van der Waals surface area contributed by atoms with Gasteiger partial charge in [-0.2, -0.15) is 0 Å². The number of nitrogens with zero attached hydrogens (tertiary/aromatic N) is 1. The molecule has 0 aliphatic heterocycles. The third-order valence-electron chi connectivity index (χ3n) is 3.66. The Morgan fingerprint density at radius 3 is 1.54 bits per heavy atom. The van der Waals surface area contributed by atoms with Crippen LogP contribution in [-0.2, 0) is 4.52 Å². The van der Waals surface area contributed by atoms with Gasteiger partial charge >= 0.3 is 142 Å². The maximum atomic E-state index is 13.5. The average Bonchev–Trinajstić information content (AvgIpc) is 2.32. The zero-order valence-electron chi connectivity index (χ0n) is 15.8. The summed E-state index contributed by atoms with van der Waals surface area (Å²) in [6.07, 6.45) is -5.62. The molecular formula is C15H32F5N2OP. The van der Waals surface area contributed by atoms with E-state index in [9.17, 15) is 22.0 Å². The summed E-state index contributed by atoms with van der Waals surface area (Å²) in [6.45, 7) is 13.1. The summed E-state index contributed by atoms with van der Waals surface area (Å²) in [7, 11) is -3.28. The second-order valence-corrected chi connectivity index (χ2v) is 10.9. The molecule has 0 fully saturated rings. The first kappa shape index (κ1) is 24.0. The van der Waals surface area contributed by atoms with E-state index >= 15 is 0 Å². The molecule has 9 heteroatoms. The topological polar surface area (TPSA) is 24.5 Å². The minimum atomic E-state index is -5.62. The molecule has 0 aromatic carbocycles. The Morgan fingerprint density at radius 2 is 1.29 bits per heavy atom. The summed E-state index contributed by atoms with van der Waals surface area (Å²) in [6, 6.07) is -0.242. The second kappa shape index (κ2) is 8.56. The standard InChI is InChI=1S/C15H32F5N2OP/c1-10(2)21-24(13(7)8,22(11(3)4)12(5)6)23-9-14(16,17)15(18,19)20/h10-13,21,24H,9H2,1-8H3. The molecule has 0 rings (SSSR count). The number of hydrogen-bond donors (Lipinski definition) is 1. The molecule has 0 heterocycles. The van der Waals surface area contributed by atoms with Gasteiger partial charge in [0.15, 0.2) is 0 Å². The van der Waals surface area contributed by atoms with Crippen molar-refractivity contribution in [1.29, 1.82) is 0 Å². The van der Waals surface area contributed by atoms with Gasteiger partial charge in [0.05, 0.1) is 0 Å². The van der Waals surface area contributed by atoms with Gasteiger partial charge in [-0.3, -0.25) is 0 Å². The summed E-state index contributed by atoms with van der Waals surface area (Å²) < 4.78 is 71.9. The number of alkyl halides is 5. The Kier molecular flexibility index (Phi) is 8.55.